The van der Waals surface area contributed by atoms with E-state index in [1.807, 2.05) is 6.08 Å². The van der Waals surface area contributed by atoms with Crippen molar-refractivity contribution in [2.75, 3.05) is 19.8 Å². The average Bonchev–Trinajstić information content (AvgIpc) is 3.06. The molecule has 0 aromatic heterocycles. The Kier molecular flexibility index (Phi) is 36.7. The van der Waals surface area contributed by atoms with E-state index in [0.717, 1.165) is 51.4 Å². The predicted molar refractivity (Wildman–Crippen MR) is 200 cm³/mol. The van der Waals surface area contributed by atoms with Gasteiger partial charge in [-0.1, -0.05) is 150 Å². The number of hydrogen-bond donors (Lipinski definition) is 1. The Morgan fingerprint density at radius 3 is 1.48 bits per heavy atom. The second-order valence-electron chi connectivity index (χ2n) is 11.9. The van der Waals surface area contributed by atoms with E-state index in [-0.39, 0.29) is 19.2 Å². The van der Waals surface area contributed by atoms with E-state index < -0.39 is 6.10 Å². The highest BCUT2D eigenvalue weighted by atomic mass is 16.6. The summed E-state index contributed by atoms with van der Waals surface area (Å²) < 4.78 is 11.0. The number of aliphatic hydroxyl groups is 1. The number of aliphatic hydroxyl groups excluding tert-OH is 1. The summed E-state index contributed by atoms with van der Waals surface area (Å²) in [6, 6.07) is 0. The standard InChI is InChI=1S/C42H70O4/c1-3-5-7-9-11-13-15-17-19-20-21-22-23-25-27-29-31-33-35-37-42(44)46-41(39-43)40-45-38-36-34-32-30-28-26-24-18-16-14-12-10-8-6-4-2/h5,7,11,13,16-19,21-22,25,27,31,33,41,43H,3-4,6,8-10,12,14-15,20,23-24,26,28-30,32,34-40H2,1-2H3/b7-5-,13-11-,18-16-,19-17-,22-21-,27-25-,33-31-. The quantitative estimate of drug-likeness (QED) is 0.0441. The molecule has 1 atom stereocenters. The third-order valence-electron chi connectivity index (χ3n) is 7.47. The van der Waals surface area contributed by atoms with Gasteiger partial charge in [-0.15, -0.1) is 0 Å². The molecule has 0 amide bonds. The lowest BCUT2D eigenvalue weighted by atomic mass is 10.1. The van der Waals surface area contributed by atoms with Crippen molar-refractivity contribution in [2.24, 2.45) is 0 Å². The third-order valence-corrected chi connectivity index (χ3v) is 7.47. The van der Waals surface area contributed by atoms with Gasteiger partial charge in [0.15, 0.2) is 0 Å². The minimum Gasteiger partial charge on any atom is -0.457 e. The number of allylic oxidation sites excluding steroid dienone is 14. The molecule has 0 rings (SSSR count). The van der Waals surface area contributed by atoms with Crippen LogP contribution in [-0.2, 0) is 14.3 Å². The molecule has 0 radical (unpaired) electrons. The van der Waals surface area contributed by atoms with Crippen molar-refractivity contribution in [1.29, 1.82) is 0 Å². The first kappa shape index (κ1) is 43.6. The molecule has 0 aromatic carbocycles. The van der Waals surface area contributed by atoms with E-state index in [1.54, 1.807) is 0 Å². The highest BCUT2D eigenvalue weighted by molar-refractivity contribution is 5.69. The molecule has 0 aliphatic rings. The van der Waals surface area contributed by atoms with Gasteiger partial charge in [0, 0.05) is 13.0 Å². The number of carbonyl (C=O) groups excluding carboxylic acids is 1. The fraction of sp³-hybridized carbons (Fsp3) is 0.643. The lowest BCUT2D eigenvalue weighted by Gasteiger charge is -2.15. The van der Waals surface area contributed by atoms with Gasteiger partial charge >= 0.3 is 5.97 Å². The van der Waals surface area contributed by atoms with Crippen LogP contribution in [-0.4, -0.2) is 37.0 Å². The molecular weight excluding hydrogens is 568 g/mol. The topological polar surface area (TPSA) is 55.8 Å². The molecule has 4 nitrogen and oxygen atoms in total. The second-order valence-corrected chi connectivity index (χ2v) is 11.9. The molecular formula is C42H70O4. The lowest BCUT2D eigenvalue weighted by Crippen LogP contribution is -2.27. The summed E-state index contributed by atoms with van der Waals surface area (Å²) in [7, 11) is 0. The summed E-state index contributed by atoms with van der Waals surface area (Å²) in [6.45, 7) is 5.11. The molecule has 262 valence electrons. The predicted octanol–water partition coefficient (Wildman–Crippen LogP) is 12.0. The van der Waals surface area contributed by atoms with Crippen LogP contribution in [0.1, 0.15) is 149 Å². The van der Waals surface area contributed by atoms with E-state index in [4.69, 9.17) is 9.47 Å². The molecule has 1 N–H and O–H groups in total. The highest BCUT2D eigenvalue weighted by Crippen LogP contribution is 2.10. The Hall–Kier alpha value is -2.43. The molecule has 0 aromatic rings. The van der Waals surface area contributed by atoms with Gasteiger partial charge in [0.1, 0.15) is 6.10 Å². The number of ether oxygens (including phenoxy) is 2. The first-order valence-electron chi connectivity index (χ1n) is 18.7. The van der Waals surface area contributed by atoms with Crippen molar-refractivity contribution < 1.29 is 19.4 Å². The molecule has 0 saturated carbocycles. The second kappa shape index (κ2) is 38.8. The van der Waals surface area contributed by atoms with Crippen LogP contribution in [0.25, 0.3) is 0 Å². The Morgan fingerprint density at radius 2 is 0.978 bits per heavy atom. The van der Waals surface area contributed by atoms with Crippen LogP contribution in [0, 0.1) is 0 Å². The van der Waals surface area contributed by atoms with Crippen LogP contribution in [0.5, 0.6) is 0 Å². The van der Waals surface area contributed by atoms with Crippen molar-refractivity contribution in [3.05, 3.63) is 85.1 Å². The van der Waals surface area contributed by atoms with Crippen LogP contribution >= 0.6 is 0 Å². The zero-order chi connectivity index (χ0) is 33.4. The average molecular weight is 639 g/mol. The highest BCUT2D eigenvalue weighted by Gasteiger charge is 2.13. The fourth-order valence-corrected chi connectivity index (χ4v) is 4.70. The summed E-state index contributed by atoms with van der Waals surface area (Å²) in [4.78, 5) is 12.1. The summed E-state index contributed by atoms with van der Waals surface area (Å²) in [5, 5.41) is 9.55. The Bertz CT molecular complexity index is 846. The molecule has 0 saturated heterocycles. The molecule has 0 aliphatic carbocycles. The molecule has 0 aliphatic heterocycles. The monoisotopic (exact) mass is 639 g/mol. The molecule has 0 spiro atoms. The van der Waals surface area contributed by atoms with Crippen LogP contribution < -0.4 is 0 Å². The summed E-state index contributed by atoms with van der Waals surface area (Å²) in [5.41, 5.74) is 0. The van der Waals surface area contributed by atoms with Crippen LogP contribution in [0.3, 0.4) is 0 Å². The van der Waals surface area contributed by atoms with Gasteiger partial charge in [-0.25, -0.2) is 0 Å². The van der Waals surface area contributed by atoms with Crippen molar-refractivity contribution >= 4 is 5.97 Å². The van der Waals surface area contributed by atoms with E-state index in [0.29, 0.717) is 19.4 Å². The van der Waals surface area contributed by atoms with Crippen LogP contribution in [0.4, 0.5) is 0 Å². The van der Waals surface area contributed by atoms with Gasteiger partial charge in [0.05, 0.1) is 13.2 Å². The van der Waals surface area contributed by atoms with E-state index >= 15 is 0 Å². The molecule has 4 heteroatoms. The first-order valence-corrected chi connectivity index (χ1v) is 18.7. The molecule has 0 bridgehead atoms. The number of rotatable bonds is 33. The van der Waals surface area contributed by atoms with Crippen LogP contribution in [0.2, 0.25) is 0 Å². The van der Waals surface area contributed by atoms with Crippen LogP contribution in [0.15, 0.2) is 85.1 Å². The first-order chi connectivity index (χ1) is 22.7. The van der Waals surface area contributed by atoms with Gasteiger partial charge in [-0.3, -0.25) is 4.79 Å². The maximum absolute atomic E-state index is 12.1. The smallest absolute Gasteiger partial charge is 0.306 e. The Morgan fingerprint density at radius 1 is 0.543 bits per heavy atom. The third kappa shape index (κ3) is 36.0. The maximum atomic E-state index is 12.1. The Balaban J connectivity index is 3.64. The van der Waals surface area contributed by atoms with Crippen molar-refractivity contribution in [3.63, 3.8) is 0 Å². The molecule has 0 fully saturated rings. The van der Waals surface area contributed by atoms with E-state index in [2.05, 4.69) is 92.8 Å². The Labute approximate surface area is 284 Å². The van der Waals surface area contributed by atoms with Crippen molar-refractivity contribution in [2.45, 2.75) is 155 Å². The largest absolute Gasteiger partial charge is 0.457 e. The molecule has 0 heterocycles. The van der Waals surface area contributed by atoms with Gasteiger partial charge in [-0.2, -0.15) is 0 Å². The summed E-state index contributed by atoms with van der Waals surface area (Å²) >= 11 is 0. The van der Waals surface area contributed by atoms with Crippen molar-refractivity contribution in [1.82, 2.24) is 0 Å². The van der Waals surface area contributed by atoms with Gasteiger partial charge in [0.25, 0.3) is 0 Å². The van der Waals surface area contributed by atoms with Crippen molar-refractivity contribution in [3.8, 4) is 0 Å². The van der Waals surface area contributed by atoms with Gasteiger partial charge in [0.2, 0.25) is 0 Å². The summed E-state index contributed by atoms with van der Waals surface area (Å²) in [5.74, 6) is -0.288. The van der Waals surface area contributed by atoms with E-state index in [1.165, 1.54) is 70.6 Å². The number of unbranched alkanes of at least 4 members (excludes halogenated alkanes) is 11. The minimum absolute atomic E-state index is 0.209. The minimum atomic E-state index is -0.581. The van der Waals surface area contributed by atoms with Gasteiger partial charge in [-0.05, 0) is 77.0 Å². The molecule has 1 unspecified atom stereocenters. The number of hydrogen-bond acceptors (Lipinski definition) is 4. The fourth-order valence-electron chi connectivity index (χ4n) is 4.70. The zero-order valence-electron chi connectivity index (χ0n) is 29.8. The number of esters is 1. The lowest BCUT2D eigenvalue weighted by molar-refractivity contribution is -0.154. The maximum Gasteiger partial charge on any atom is 0.306 e. The van der Waals surface area contributed by atoms with Gasteiger partial charge < -0.3 is 14.6 Å². The summed E-state index contributed by atoms with van der Waals surface area (Å²) in [6.07, 6.45) is 53.5. The number of carbonyl (C=O) groups is 1. The van der Waals surface area contributed by atoms with E-state index in [9.17, 15) is 9.90 Å². The normalized spacial score (nSPS) is 13.4. The zero-order valence-corrected chi connectivity index (χ0v) is 29.8. The SMILES string of the molecule is CC/C=C\C/C=C\C/C=C\C/C=C\C/C=C\C/C=C\CCC(=O)OC(CO)COCCCCCCCC/C=C\CCCCCCC. The molecule has 46 heavy (non-hydrogen) atoms.